The Labute approximate surface area is 128 Å². The molecule has 1 heterocycles. The highest BCUT2D eigenvalue weighted by Gasteiger charge is 2.34. The van der Waals surface area contributed by atoms with Crippen molar-refractivity contribution in [1.29, 1.82) is 0 Å². The van der Waals surface area contributed by atoms with Crippen LogP contribution in [0.1, 0.15) is 35.5 Å². The lowest BCUT2D eigenvalue weighted by Crippen LogP contribution is -2.14. The molecule has 0 fully saturated rings. The fourth-order valence-electron chi connectivity index (χ4n) is 2.29. The van der Waals surface area contributed by atoms with E-state index in [1.807, 2.05) is 0 Å². The molecule has 3 nitrogen and oxygen atoms in total. The van der Waals surface area contributed by atoms with E-state index in [2.05, 4.69) is 26.4 Å². The third-order valence-electron chi connectivity index (χ3n) is 3.18. The van der Waals surface area contributed by atoms with E-state index in [4.69, 9.17) is 4.52 Å². The monoisotopic (exact) mass is 362 g/mol. The van der Waals surface area contributed by atoms with Crippen LogP contribution in [0.25, 0.3) is 0 Å². The number of nitrogens with zero attached hydrogens (tertiary/aromatic N) is 1. The zero-order chi connectivity index (χ0) is 15.8. The van der Waals surface area contributed by atoms with Crippen LogP contribution >= 0.6 is 15.9 Å². The molecule has 0 spiro atoms. The number of halogens is 4. The molecule has 0 aliphatic rings. The molecule has 1 aromatic heterocycles. The van der Waals surface area contributed by atoms with Crippen molar-refractivity contribution < 1.29 is 17.7 Å². The molecular weight excluding hydrogens is 349 g/mol. The third kappa shape index (κ3) is 3.40. The number of nitrogens with one attached hydrogen (secondary N) is 1. The van der Waals surface area contributed by atoms with Gasteiger partial charge in [0.15, 0.2) is 0 Å². The highest BCUT2D eigenvalue weighted by atomic mass is 79.9. The largest absolute Gasteiger partial charge is 0.418 e. The van der Waals surface area contributed by atoms with Crippen LogP contribution < -0.4 is 5.32 Å². The Morgan fingerprint density at radius 3 is 2.48 bits per heavy atom. The molecule has 1 unspecified atom stereocenters. The van der Waals surface area contributed by atoms with E-state index in [0.717, 1.165) is 11.6 Å². The van der Waals surface area contributed by atoms with Gasteiger partial charge in [0.2, 0.25) is 0 Å². The summed E-state index contributed by atoms with van der Waals surface area (Å²) in [7, 11) is 0. The maximum atomic E-state index is 13.1. The number of alkyl halides is 3. The first-order chi connectivity index (χ1) is 9.70. The van der Waals surface area contributed by atoms with Gasteiger partial charge in [-0.15, -0.1) is 0 Å². The summed E-state index contributed by atoms with van der Waals surface area (Å²) in [6.07, 6.45) is -4.43. The van der Waals surface area contributed by atoms with Gasteiger partial charge in [-0.05, 0) is 39.0 Å². The summed E-state index contributed by atoms with van der Waals surface area (Å²) < 4.78 is 44.7. The van der Waals surface area contributed by atoms with Gasteiger partial charge in [-0.3, -0.25) is 0 Å². The Morgan fingerprint density at radius 2 is 1.95 bits per heavy atom. The second-order valence-corrected chi connectivity index (χ2v) is 5.71. The standard InChI is InChI=1S/C14H14BrF3N2O/c1-7(13-8(2)20-21-9(13)3)19-12-5-4-10(15)6-11(12)14(16,17)18/h4-7,19H,1-3H3. The predicted molar refractivity (Wildman–Crippen MR) is 77.2 cm³/mol. The molecule has 1 aromatic carbocycles. The minimum atomic E-state index is -4.43. The van der Waals surface area contributed by atoms with E-state index in [0.29, 0.717) is 15.9 Å². The van der Waals surface area contributed by atoms with Gasteiger partial charge in [-0.25, -0.2) is 0 Å². The molecule has 0 aliphatic carbocycles. The van der Waals surface area contributed by atoms with Gasteiger partial charge in [0.1, 0.15) is 5.76 Å². The van der Waals surface area contributed by atoms with E-state index in [1.165, 1.54) is 6.07 Å². The Bertz CT molecular complexity index is 633. The van der Waals surface area contributed by atoms with Crippen molar-refractivity contribution in [2.24, 2.45) is 0 Å². The summed E-state index contributed by atoms with van der Waals surface area (Å²) >= 11 is 3.06. The van der Waals surface area contributed by atoms with Crippen LogP contribution in [-0.4, -0.2) is 5.16 Å². The van der Waals surface area contributed by atoms with Crippen molar-refractivity contribution in [3.8, 4) is 0 Å². The number of benzene rings is 1. The van der Waals surface area contributed by atoms with Crippen LogP contribution in [0.4, 0.5) is 18.9 Å². The van der Waals surface area contributed by atoms with Crippen molar-refractivity contribution in [2.45, 2.75) is 33.0 Å². The van der Waals surface area contributed by atoms with E-state index < -0.39 is 11.7 Å². The zero-order valence-corrected chi connectivity index (χ0v) is 13.3. The topological polar surface area (TPSA) is 38.1 Å². The van der Waals surface area contributed by atoms with Crippen LogP contribution in [0.15, 0.2) is 27.2 Å². The number of aryl methyl sites for hydroxylation is 2. The molecule has 21 heavy (non-hydrogen) atoms. The fraction of sp³-hybridized carbons (Fsp3) is 0.357. The van der Waals surface area contributed by atoms with E-state index >= 15 is 0 Å². The molecule has 2 rings (SSSR count). The van der Waals surface area contributed by atoms with Crippen molar-refractivity contribution in [2.75, 3.05) is 5.32 Å². The smallest absolute Gasteiger partial charge is 0.378 e. The maximum absolute atomic E-state index is 13.1. The van der Waals surface area contributed by atoms with Gasteiger partial charge in [0, 0.05) is 15.7 Å². The van der Waals surface area contributed by atoms with Crippen LogP contribution in [0.5, 0.6) is 0 Å². The highest BCUT2D eigenvalue weighted by Crippen LogP contribution is 2.38. The summed E-state index contributed by atoms with van der Waals surface area (Å²) in [5, 5.41) is 6.71. The second kappa shape index (κ2) is 5.71. The molecule has 0 amide bonds. The number of hydrogen-bond acceptors (Lipinski definition) is 3. The summed E-state index contributed by atoms with van der Waals surface area (Å²) in [4.78, 5) is 0. The molecule has 1 N–H and O–H groups in total. The minimum absolute atomic E-state index is 0.0261. The first-order valence-corrected chi connectivity index (χ1v) is 7.05. The molecule has 0 radical (unpaired) electrons. The Hall–Kier alpha value is -1.50. The molecule has 1 atom stereocenters. The van der Waals surface area contributed by atoms with Gasteiger partial charge in [0.25, 0.3) is 0 Å². The van der Waals surface area contributed by atoms with Crippen molar-refractivity contribution in [3.05, 3.63) is 45.3 Å². The first-order valence-electron chi connectivity index (χ1n) is 6.26. The molecule has 2 aromatic rings. The number of rotatable bonds is 3. The molecule has 0 bridgehead atoms. The lowest BCUT2D eigenvalue weighted by atomic mass is 10.1. The van der Waals surface area contributed by atoms with Crippen LogP contribution in [-0.2, 0) is 6.18 Å². The van der Waals surface area contributed by atoms with Gasteiger partial charge in [-0.1, -0.05) is 21.1 Å². The van der Waals surface area contributed by atoms with Crippen molar-refractivity contribution >= 4 is 21.6 Å². The molecule has 7 heteroatoms. The quantitative estimate of drug-likeness (QED) is 0.810. The van der Waals surface area contributed by atoms with Crippen molar-refractivity contribution in [3.63, 3.8) is 0 Å². The summed E-state index contributed by atoms with van der Waals surface area (Å²) in [6.45, 7) is 5.27. The molecule has 0 saturated heterocycles. The van der Waals surface area contributed by atoms with Crippen LogP contribution in [0, 0.1) is 13.8 Å². The summed E-state index contributed by atoms with van der Waals surface area (Å²) in [5.41, 5.74) is 0.748. The van der Waals surface area contributed by atoms with Crippen LogP contribution in [0.3, 0.4) is 0 Å². The van der Waals surface area contributed by atoms with Crippen LogP contribution in [0.2, 0.25) is 0 Å². The lowest BCUT2D eigenvalue weighted by Gasteiger charge is -2.19. The lowest BCUT2D eigenvalue weighted by molar-refractivity contribution is -0.137. The second-order valence-electron chi connectivity index (χ2n) is 4.79. The van der Waals surface area contributed by atoms with Crippen molar-refractivity contribution in [1.82, 2.24) is 5.16 Å². The predicted octanol–water partition coefficient (Wildman–Crippen LogP) is 5.25. The minimum Gasteiger partial charge on any atom is -0.378 e. The van der Waals surface area contributed by atoms with Gasteiger partial charge < -0.3 is 9.84 Å². The third-order valence-corrected chi connectivity index (χ3v) is 3.67. The number of aromatic nitrogens is 1. The normalized spacial score (nSPS) is 13.3. The Kier molecular flexibility index (Phi) is 4.32. The van der Waals surface area contributed by atoms with E-state index in [-0.39, 0.29) is 11.7 Å². The first kappa shape index (κ1) is 15.9. The molecular formula is C14H14BrF3N2O. The molecule has 0 saturated carbocycles. The number of anilines is 1. The van der Waals surface area contributed by atoms with Gasteiger partial charge in [0.05, 0.1) is 17.3 Å². The zero-order valence-electron chi connectivity index (χ0n) is 11.7. The summed E-state index contributed by atoms with van der Waals surface area (Å²) in [5.74, 6) is 0.596. The van der Waals surface area contributed by atoms with E-state index in [9.17, 15) is 13.2 Å². The number of hydrogen-bond donors (Lipinski definition) is 1. The Morgan fingerprint density at radius 1 is 1.29 bits per heavy atom. The van der Waals surface area contributed by atoms with Gasteiger partial charge >= 0.3 is 6.18 Å². The van der Waals surface area contributed by atoms with E-state index in [1.54, 1.807) is 26.8 Å². The highest BCUT2D eigenvalue weighted by molar-refractivity contribution is 9.10. The summed E-state index contributed by atoms with van der Waals surface area (Å²) in [6, 6.07) is 3.68. The van der Waals surface area contributed by atoms with Gasteiger partial charge in [-0.2, -0.15) is 13.2 Å². The Balaban J connectivity index is 2.36. The molecule has 114 valence electrons. The SMILES string of the molecule is Cc1noc(C)c1C(C)Nc1ccc(Br)cc1C(F)(F)F. The average Bonchev–Trinajstić information content (AvgIpc) is 2.70. The average molecular weight is 363 g/mol. The molecule has 0 aliphatic heterocycles. The maximum Gasteiger partial charge on any atom is 0.418 e. The fourth-order valence-corrected chi connectivity index (χ4v) is 2.65.